The molecule has 1 unspecified atom stereocenters. The van der Waals surface area contributed by atoms with E-state index in [1.807, 2.05) is 6.92 Å². The van der Waals surface area contributed by atoms with E-state index in [1.165, 1.54) is 25.6 Å². The van der Waals surface area contributed by atoms with E-state index < -0.39 is 17.9 Å². The molecule has 0 aliphatic carbocycles. The number of carboxylic acids is 1. The predicted octanol–water partition coefficient (Wildman–Crippen LogP) is 2.63. The molecule has 0 spiro atoms. The first-order valence-corrected chi connectivity index (χ1v) is 7.70. The fourth-order valence-corrected chi connectivity index (χ4v) is 2.84. The van der Waals surface area contributed by atoms with Gasteiger partial charge in [-0.05, 0) is 41.4 Å². The molecule has 1 atom stereocenters. The number of amides is 1. The topological polar surface area (TPSA) is 84.9 Å². The molecule has 1 heterocycles. The number of carbonyl (C=O) groups excluding carboxylic acids is 1. The van der Waals surface area contributed by atoms with Crippen LogP contribution in [0.25, 0.3) is 0 Å². The van der Waals surface area contributed by atoms with E-state index in [-0.39, 0.29) is 5.56 Å². The molecular weight excluding hydrogens is 318 g/mol. The molecule has 0 saturated heterocycles. The minimum absolute atomic E-state index is 0.269. The zero-order chi connectivity index (χ0) is 17.0. The summed E-state index contributed by atoms with van der Waals surface area (Å²) in [7, 11) is 2.99. The molecule has 0 fully saturated rings. The molecule has 1 amide bonds. The average Bonchev–Trinajstić information content (AvgIpc) is 3.06. The van der Waals surface area contributed by atoms with Crippen LogP contribution in [0.15, 0.2) is 29.0 Å². The van der Waals surface area contributed by atoms with Gasteiger partial charge in [-0.1, -0.05) is 0 Å². The second-order valence-corrected chi connectivity index (χ2v) is 5.59. The maximum absolute atomic E-state index is 12.4. The first-order valence-electron chi connectivity index (χ1n) is 6.76. The predicted molar refractivity (Wildman–Crippen MR) is 86.4 cm³/mol. The lowest BCUT2D eigenvalue weighted by atomic mass is 10.1. The third-order valence-electron chi connectivity index (χ3n) is 3.41. The lowest BCUT2D eigenvalue weighted by Gasteiger charge is -2.16. The van der Waals surface area contributed by atoms with Gasteiger partial charge in [-0.3, -0.25) is 4.79 Å². The molecular formula is C16H17NO5S. The Balaban J connectivity index is 2.31. The summed E-state index contributed by atoms with van der Waals surface area (Å²) >= 11 is 1.37. The van der Waals surface area contributed by atoms with Crippen LogP contribution in [0.3, 0.4) is 0 Å². The summed E-state index contributed by atoms with van der Waals surface area (Å²) in [6, 6.07) is 3.67. The van der Waals surface area contributed by atoms with Crippen LogP contribution in [0.1, 0.15) is 27.5 Å². The van der Waals surface area contributed by atoms with Crippen molar-refractivity contribution in [3.05, 3.63) is 45.6 Å². The van der Waals surface area contributed by atoms with Gasteiger partial charge >= 0.3 is 5.97 Å². The molecule has 6 nitrogen and oxygen atoms in total. The van der Waals surface area contributed by atoms with E-state index in [1.54, 1.807) is 29.0 Å². The standard InChI is InChI=1S/C16H17NO5S/c1-9-12(21-2)6-11(7-13(9)22-3)15(18)17-14(16(19)20)10-4-5-23-8-10/h4-8,14H,1-3H3,(H,17,18)(H,19,20). The number of methoxy groups -OCH3 is 2. The first-order chi connectivity index (χ1) is 11.0. The number of hydrogen-bond acceptors (Lipinski definition) is 5. The van der Waals surface area contributed by atoms with E-state index in [2.05, 4.69) is 5.32 Å². The summed E-state index contributed by atoms with van der Waals surface area (Å²) in [5.74, 6) is -0.642. The zero-order valence-corrected chi connectivity index (χ0v) is 13.8. The Kier molecular flexibility index (Phi) is 5.23. The van der Waals surface area contributed by atoms with Gasteiger partial charge in [-0.15, -0.1) is 0 Å². The van der Waals surface area contributed by atoms with Crippen molar-refractivity contribution < 1.29 is 24.2 Å². The lowest BCUT2D eigenvalue weighted by molar-refractivity contribution is -0.139. The molecule has 2 N–H and O–H groups in total. The highest BCUT2D eigenvalue weighted by Crippen LogP contribution is 2.29. The van der Waals surface area contributed by atoms with Crippen molar-refractivity contribution in [2.24, 2.45) is 0 Å². The fourth-order valence-electron chi connectivity index (χ4n) is 2.16. The number of thiophene rings is 1. The maximum Gasteiger partial charge on any atom is 0.330 e. The Hall–Kier alpha value is -2.54. The quantitative estimate of drug-likeness (QED) is 0.848. The lowest BCUT2D eigenvalue weighted by Crippen LogP contribution is -2.33. The van der Waals surface area contributed by atoms with E-state index in [9.17, 15) is 14.7 Å². The van der Waals surface area contributed by atoms with E-state index >= 15 is 0 Å². The SMILES string of the molecule is COc1cc(C(=O)NC(C(=O)O)c2ccsc2)cc(OC)c1C. The van der Waals surface area contributed by atoms with Gasteiger partial charge in [0.25, 0.3) is 5.91 Å². The Morgan fingerprint density at radius 2 is 1.83 bits per heavy atom. The van der Waals surface area contributed by atoms with Crippen LogP contribution in [0.5, 0.6) is 11.5 Å². The molecule has 2 aromatic rings. The molecule has 7 heteroatoms. The number of hydrogen-bond donors (Lipinski definition) is 2. The van der Waals surface area contributed by atoms with Gasteiger partial charge in [0.05, 0.1) is 14.2 Å². The highest BCUT2D eigenvalue weighted by Gasteiger charge is 2.24. The molecule has 0 bridgehead atoms. The van der Waals surface area contributed by atoms with Crippen LogP contribution in [0.2, 0.25) is 0 Å². The van der Waals surface area contributed by atoms with E-state index in [0.29, 0.717) is 17.1 Å². The average molecular weight is 335 g/mol. The van der Waals surface area contributed by atoms with Gasteiger partial charge in [0.15, 0.2) is 6.04 Å². The van der Waals surface area contributed by atoms with Gasteiger partial charge < -0.3 is 19.9 Å². The van der Waals surface area contributed by atoms with Crippen LogP contribution in [-0.4, -0.2) is 31.2 Å². The highest BCUT2D eigenvalue weighted by atomic mass is 32.1. The Bertz CT molecular complexity index is 686. The number of nitrogens with one attached hydrogen (secondary N) is 1. The van der Waals surface area contributed by atoms with Crippen molar-refractivity contribution >= 4 is 23.2 Å². The van der Waals surface area contributed by atoms with Crippen LogP contribution in [0, 0.1) is 6.92 Å². The molecule has 2 rings (SSSR count). The molecule has 0 aliphatic rings. The molecule has 122 valence electrons. The van der Waals surface area contributed by atoms with Gasteiger partial charge in [0.1, 0.15) is 11.5 Å². The van der Waals surface area contributed by atoms with Crippen molar-refractivity contribution in [2.45, 2.75) is 13.0 Å². The second kappa shape index (κ2) is 7.15. The van der Waals surface area contributed by atoms with E-state index in [0.717, 1.165) is 5.56 Å². The van der Waals surface area contributed by atoms with Crippen molar-refractivity contribution in [2.75, 3.05) is 14.2 Å². The molecule has 1 aromatic heterocycles. The first kappa shape index (κ1) is 16.8. The van der Waals surface area contributed by atoms with Gasteiger partial charge in [0.2, 0.25) is 0 Å². The summed E-state index contributed by atoms with van der Waals surface area (Å²) in [5, 5.41) is 15.3. The fraction of sp³-hybridized carbons (Fsp3) is 0.250. The van der Waals surface area contributed by atoms with Crippen LogP contribution in [0.4, 0.5) is 0 Å². The Labute approximate surface area is 137 Å². The van der Waals surface area contributed by atoms with Crippen LogP contribution < -0.4 is 14.8 Å². The molecule has 0 radical (unpaired) electrons. The number of carbonyl (C=O) groups is 2. The minimum atomic E-state index is -1.12. The number of benzene rings is 1. The summed E-state index contributed by atoms with van der Waals surface area (Å²) in [6.07, 6.45) is 0. The van der Waals surface area contributed by atoms with Crippen molar-refractivity contribution in [1.29, 1.82) is 0 Å². The smallest absolute Gasteiger partial charge is 0.330 e. The maximum atomic E-state index is 12.4. The van der Waals surface area contributed by atoms with Crippen molar-refractivity contribution in [3.8, 4) is 11.5 Å². The monoisotopic (exact) mass is 335 g/mol. The van der Waals surface area contributed by atoms with Gasteiger partial charge in [-0.25, -0.2) is 4.79 Å². The Morgan fingerprint density at radius 3 is 2.26 bits per heavy atom. The summed E-state index contributed by atoms with van der Waals surface area (Å²) in [4.78, 5) is 23.8. The van der Waals surface area contributed by atoms with Crippen molar-refractivity contribution in [1.82, 2.24) is 5.32 Å². The third-order valence-corrected chi connectivity index (χ3v) is 4.11. The second-order valence-electron chi connectivity index (χ2n) is 4.81. The summed E-state index contributed by atoms with van der Waals surface area (Å²) < 4.78 is 10.5. The molecule has 23 heavy (non-hydrogen) atoms. The molecule has 0 aliphatic heterocycles. The molecule has 0 saturated carbocycles. The normalized spacial score (nSPS) is 11.6. The van der Waals surface area contributed by atoms with Crippen LogP contribution >= 0.6 is 11.3 Å². The van der Waals surface area contributed by atoms with Crippen LogP contribution in [-0.2, 0) is 4.79 Å². The summed E-state index contributed by atoms with van der Waals surface area (Å²) in [5.41, 5.74) is 1.56. The number of carboxylic acid groups (broad SMARTS) is 1. The zero-order valence-electron chi connectivity index (χ0n) is 13.0. The third kappa shape index (κ3) is 3.62. The number of rotatable bonds is 6. The highest BCUT2D eigenvalue weighted by molar-refractivity contribution is 7.08. The molecule has 1 aromatic carbocycles. The van der Waals surface area contributed by atoms with Gasteiger partial charge in [-0.2, -0.15) is 11.3 Å². The van der Waals surface area contributed by atoms with Gasteiger partial charge in [0, 0.05) is 11.1 Å². The minimum Gasteiger partial charge on any atom is -0.496 e. The number of ether oxygens (including phenoxy) is 2. The van der Waals surface area contributed by atoms with E-state index in [4.69, 9.17) is 9.47 Å². The number of aliphatic carboxylic acids is 1. The Morgan fingerprint density at radius 1 is 1.22 bits per heavy atom. The van der Waals surface area contributed by atoms with Crippen molar-refractivity contribution in [3.63, 3.8) is 0 Å². The largest absolute Gasteiger partial charge is 0.496 e. The summed E-state index contributed by atoms with van der Waals surface area (Å²) in [6.45, 7) is 1.81.